The van der Waals surface area contributed by atoms with E-state index < -0.39 is 5.41 Å². The lowest BCUT2D eigenvalue weighted by atomic mass is 9.84. The van der Waals surface area contributed by atoms with E-state index in [0.717, 1.165) is 17.7 Å². The first-order valence-electron chi connectivity index (χ1n) is 6.63. The second-order valence-corrected chi connectivity index (χ2v) is 5.06. The third kappa shape index (κ3) is 2.83. The molecule has 1 aromatic rings. The highest BCUT2D eigenvalue weighted by Gasteiger charge is 2.32. The predicted octanol–water partition coefficient (Wildman–Crippen LogP) is 2.69. The van der Waals surface area contributed by atoms with Crippen molar-refractivity contribution in [2.24, 2.45) is 0 Å². The lowest BCUT2D eigenvalue weighted by molar-refractivity contribution is -0.148. The third-order valence-corrected chi connectivity index (χ3v) is 3.25. The number of benzene rings is 1. The molecular formula is C15H20O4. The molecule has 2 rings (SSSR count). The first-order chi connectivity index (χ1) is 9.05. The Bertz CT molecular complexity index is 465. The molecule has 4 heteroatoms. The van der Waals surface area contributed by atoms with Crippen LogP contribution < -0.4 is 9.47 Å². The maximum Gasteiger partial charge on any atom is 0.315 e. The van der Waals surface area contributed by atoms with Crippen LogP contribution >= 0.6 is 0 Å². The minimum atomic E-state index is -0.694. The van der Waals surface area contributed by atoms with Gasteiger partial charge < -0.3 is 14.2 Å². The zero-order valence-electron chi connectivity index (χ0n) is 11.7. The van der Waals surface area contributed by atoms with Crippen LogP contribution in [0.1, 0.15) is 32.8 Å². The fourth-order valence-corrected chi connectivity index (χ4v) is 1.98. The number of carbonyl (C=O) groups excluding carboxylic acids is 1. The Morgan fingerprint density at radius 1 is 1.26 bits per heavy atom. The molecule has 0 spiro atoms. The van der Waals surface area contributed by atoms with E-state index >= 15 is 0 Å². The molecule has 0 saturated carbocycles. The van der Waals surface area contributed by atoms with Crippen LogP contribution in [0.4, 0.5) is 0 Å². The summed E-state index contributed by atoms with van der Waals surface area (Å²) in [5.74, 6) is 1.21. The summed E-state index contributed by atoms with van der Waals surface area (Å²) in [5.41, 5.74) is 0.177. The van der Waals surface area contributed by atoms with Crippen LogP contribution in [0.2, 0.25) is 0 Å². The summed E-state index contributed by atoms with van der Waals surface area (Å²) < 4.78 is 16.3. The summed E-state index contributed by atoms with van der Waals surface area (Å²) in [6.07, 6.45) is 0.866. The van der Waals surface area contributed by atoms with Gasteiger partial charge in [-0.15, -0.1) is 0 Å². The lowest BCUT2D eigenvalue weighted by Crippen LogP contribution is -2.31. The van der Waals surface area contributed by atoms with Crippen molar-refractivity contribution < 1.29 is 19.0 Å². The quantitative estimate of drug-likeness (QED) is 0.787. The molecular weight excluding hydrogens is 244 g/mol. The minimum absolute atomic E-state index is 0.232. The highest BCUT2D eigenvalue weighted by atomic mass is 16.5. The van der Waals surface area contributed by atoms with Crippen LogP contribution in [0.3, 0.4) is 0 Å². The van der Waals surface area contributed by atoms with Crippen LogP contribution in [-0.4, -0.2) is 25.8 Å². The Balaban J connectivity index is 2.30. The van der Waals surface area contributed by atoms with E-state index in [1.54, 1.807) is 0 Å². The van der Waals surface area contributed by atoms with E-state index in [2.05, 4.69) is 0 Å². The van der Waals surface area contributed by atoms with Crippen molar-refractivity contribution in [3.05, 3.63) is 23.8 Å². The van der Waals surface area contributed by atoms with Crippen LogP contribution in [0.15, 0.2) is 18.2 Å². The number of ether oxygens (including phenoxy) is 3. The normalized spacial score (nSPS) is 14.7. The Morgan fingerprint density at radius 2 is 1.95 bits per heavy atom. The molecule has 1 aromatic carbocycles. The fourth-order valence-electron chi connectivity index (χ4n) is 1.98. The molecule has 0 unspecified atom stereocenters. The molecule has 1 aliphatic rings. The second-order valence-electron chi connectivity index (χ2n) is 5.06. The van der Waals surface area contributed by atoms with Gasteiger partial charge in [-0.2, -0.15) is 0 Å². The van der Waals surface area contributed by atoms with Gasteiger partial charge in [-0.25, -0.2) is 0 Å². The van der Waals surface area contributed by atoms with Crippen molar-refractivity contribution in [2.75, 3.05) is 19.8 Å². The van der Waals surface area contributed by atoms with Crippen molar-refractivity contribution in [1.82, 2.24) is 0 Å². The molecule has 0 aliphatic carbocycles. The monoisotopic (exact) mass is 264 g/mol. The average molecular weight is 264 g/mol. The van der Waals surface area contributed by atoms with Crippen molar-refractivity contribution in [3.63, 3.8) is 0 Å². The predicted molar refractivity (Wildman–Crippen MR) is 71.7 cm³/mol. The van der Waals surface area contributed by atoms with E-state index in [-0.39, 0.29) is 5.97 Å². The molecule has 0 atom stereocenters. The zero-order chi connectivity index (χ0) is 13.9. The van der Waals surface area contributed by atoms with Crippen LogP contribution in [0.5, 0.6) is 11.5 Å². The molecule has 104 valence electrons. The number of esters is 1. The summed E-state index contributed by atoms with van der Waals surface area (Å²) in [6.45, 7) is 7.19. The largest absolute Gasteiger partial charge is 0.490 e. The van der Waals surface area contributed by atoms with E-state index in [1.165, 1.54) is 0 Å². The van der Waals surface area contributed by atoms with Gasteiger partial charge in [0, 0.05) is 6.42 Å². The molecule has 0 saturated heterocycles. The van der Waals surface area contributed by atoms with E-state index in [0.29, 0.717) is 25.6 Å². The molecule has 1 aliphatic heterocycles. The minimum Gasteiger partial charge on any atom is -0.490 e. The summed E-state index contributed by atoms with van der Waals surface area (Å²) in [5, 5.41) is 0. The molecule has 0 radical (unpaired) electrons. The molecule has 0 bridgehead atoms. The van der Waals surface area contributed by atoms with Gasteiger partial charge >= 0.3 is 5.97 Å². The van der Waals surface area contributed by atoms with Crippen molar-refractivity contribution >= 4 is 5.97 Å². The summed E-state index contributed by atoms with van der Waals surface area (Å²) in [4.78, 5) is 12.0. The van der Waals surface area contributed by atoms with Gasteiger partial charge in [0.2, 0.25) is 0 Å². The molecule has 1 heterocycles. The zero-order valence-corrected chi connectivity index (χ0v) is 11.7. The van der Waals surface area contributed by atoms with E-state index in [9.17, 15) is 4.79 Å². The molecule has 0 fully saturated rings. The average Bonchev–Trinajstić information content (AvgIpc) is 2.63. The van der Waals surface area contributed by atoms with Gasteiger partial charge in [0.05, 0.1) is 25.2 Å². The van der Waals surface area contributed by atoms with Crippen LogP contribution in [0, 0.1) is 0 Å². The molecule has 0 aromatic heterocycles. The summed E-state index contributed by atoms with van der Waals surface area (Å²) in [6, 6.07) is 5.62. The van der Waals surface area contributed by atoms with Crippen molar-refractivity contribution in [1.29, 1.82) is 0 Å². The number of hydrogen-bond donors (Lipinski definition) is 0. The molecule has 4 nitrogen and oxygen atoms in total. The highest BCUT2D eigenvalue weighted by molar-refractivity contribution is 5.82. The molecule has 0 N–H and O–H groups in total. The van der Waals surface area contributed by atoms with Crippen molar-refractivity contribution in [2.45, 2.75) is 32.6 Å². The van der Waals surface area contributed by atoms with Gasteiger partial charge in [-0.05, 0) is 38.5 Å². The highest BCUT2D eigenvalue weighted by Crippen LogP contribution is 2.35. The Hall–Kier alpha value is -1.71. The van der Waals surface area contributed by atoms with Gasteiger partial charge in [-0.1, -0.05) is 6.07 Å². The fraction of sp³-hybridized carbons (Fsp3) is 0.533. The molecule has 19 heavy (non-hydrogen) atoms. The number of fused-ring (bicyclic) bond motifs is 1. The van der Waals surface area contributed by atoms with E-state index in [4.69, 9.17) is 14.2 Å². The first-order valence-corrected chi connectivity index (χ1v) is 6.63. The van der Waals surface area contributed by atoms with Gasteiger partial charge in [0.25, 0.3) is 0 Å². The Morgan fingerprint density at radius 3 is 2.63 bits per heavy atom. The second kappa shape index (κ2) is 5.51. The maximum atomic E-state index is 12.0. The maximum absolute atomic E-state index is 12.0. The van der Waals surface area contributed by atoms with E-state index in [1.807, 2.05) is 39.0 Å². The molecule has 0 amide bonds. The first kappa shape index (κ1) is 13.7. The van der Waals surface area contributed by atoms with Gasteiger partial charge in [0.15, 0.2) is 11.5 Å². The smallest absolute Gasteiger partial charge is 0.315 e. The van der Waals surface area contributed by atoms with Crippen molar-refractivity contribution in [3.8, 4) is 11.5 Å². The van der Waals surface area contributed by atoms with Gasteiger partial charge in [0.1, 0.15) is 0 Å². The Kier molecular flexibility index (Phi) is 3.98. The third-order valence-electron chi connectivity index (χ3n) is 3.25. The topological polar surface area (TPSA) is 44.8 Å². The van der Waals surface area contributed by atoms with Crippen LogP contribution in [-0.2, 0) is 14.9 Å². The summed E-state index contributed by atoms with van der Waals surface area (Å²) >= 11 is 0. The number of rotatable bonds is 3. The number of carbonyl (C=O) groups is 1. The van der Waals surface area contributed by atoms with Gasteiger partial charge in [-0.3, -0.25) is 4.79 Å². The Labute approximate surface area is 113 Å². The summed E-state index contributed by atoms with van der Waals surface area (Å²) in [7, 11) is 0. The number of hydrogen-bond acceptors (Lipinski definition) is 4. The SMILES string of the molecule is CCOC(=O)C(C)(C)c1ccc2c(c1)OCCCO2. The van der Waals surface area contributed by atoms with Crippen LogP contribution in [0.25, 0.3) is 0 Å². The lowest BCUT2D eigenvalue weighted by Gasteiger charge is -2.23. The standard InChI is InChI=1S/C15H20O4/c1-4-17-14(16)15(2,3)11-6-7-12-13(10-11)19-9-5-8-18-12/h6-7,10H,4-5,8-9H2,1-3H3.